The molecule has 0 saturated carbocycles. The standard InChI is InChI=1S/C23H19FN2O2S/c1-15-6-2-3-11-20(15)22(28)25-18-9-4-7-16(12-18)23-26(21(27)14-29-23)19-10-5-8-17(24)13-19/h2-13,23H,14H2,1H3,(H,25,28)/t23-/m0/s1. The van der Waals surface area contributed by atoms with Crippen LogP contribution in [0.5, 0.6) is 0 Å². The van der Waals surface area contributed by atoms with E-state index in [9.17, 15) is 14.0 Å². The van der Waals surface area contributed by atoms with Gasteiger partial charge in [-0.25, -0.2) is 4.39 Å². The van der Waals surface area contributed by atoms with Crippen LogP contribution in [-0.4, -0.2) is 17.6 Å². The van der Waals surface area contributed by atoms with Crippen molar-refractivity contribution in [1.82, 2.24) is 0 Å². The van der Waals surface area contributed by atoms with Crippen molar-refractivity contribution in [2.75, 3.05) is 16.0 Å². The molecule has 4 nitrogen and oxygen atoms in total. The van der Waals surface area contributed by atoms with E-state index in [1.165, 1.54) is 23.9 Å². The average Bonchev–Trinajstić information content (AvgIpc) is 3.10. The molecule has 3 aromatic carbocycles. The van der Waals surface area contributed by atoms with Crippen molar-refractivity contribution in [3.63, 3.8) is 0 Å². The molecule has 3 aromatic rings. The van der Waals surface area contributed by atoms with Crippen LogP contribution in [0.15, 0.2) is 72.8 Å². The molecule has 1 aliphatic rings. The molecule has 29 heavy (non-hydrogen) atoms. The second kappa shape index (κ2) is 8.09. The summed E-state index contributed by atoms with van der Waals surface area (Å²) in [6.07, 6.45) is 0. The smallest absolute Gasteiger partial charge is 0.255 e. The normalized spacial score (nSPS) is 16.1. The van der Waals surface area contributed by atoms with Crippen LogP contribution in [0.1, 0.15) is 26.9 Å². The second-order valence-corrected chi connectivity index (χ2v) is 7.87. The molecular formula is C23H19FN2O2S. The van der Waals surface area contributed by atoms with Crippen molar-refractivity contribution in [1.29, 1.82) is 0 Å². The van der Waals surface area contributed by atoms with Gasteiger partial charge in [-0.1, -0.05) is 36.4 Å². The first kappa shape index (κ1) is 19.2. The maximum Gasteiger partial charge on any atom is 0.255 e. The predicted molar refractivity (Wildman–Crippen MR) is 115 cm³/mol. The molecule has 6 heteroatoms. The summed E-state index contributed by atoms with van der Waals surface area (Å²) in [5.74, 6) is -0.316. The highest BCUT2D eigenvalue weighted by atomic mass is 32.2. The number of anilines is 2. The molecule has 0 unspecified atom stereocenters. The number of aryl methyl sites for hydroxylation is 1. The third-order valence-corrected chi connectivity index (χ3v) is 5.99. The van der Waals surface area contributed by atoms with Crippen LogP contribution in [0, 0.1) is 12.7 Å². The number of nitrogens with one attached hydrogen (secondary N) is 1. The Morgan fingerprint density at radius 2 is 1.86 bits per heavy atom. The van der Waals surface area contributed by atoms with Crippen LogP contribution in [0.25, 0.3) is 0 Å². The first-order valence-electron chi connectivity index (χ1n) is 9.19. The molecule has 146 valence electrons. The van der Waals surface area contributed by atoms with E-state index in [0.717, 1.165) is 11.1 Å². The van der Waals surface area contributed by atoms with Gasteiger partial charge in [-0.05, 0) is 54.4 Å². The van der Waals surface area contributed by atoms with Crippen LogP contribution in [0.2, 0.25) is 0 Å². The highest BCUT2D eigenvalue weighted by Gasteiger charge is 2.34. The summed E-state index contributed by atoms with van der Waals surface area (Å²) in [6.45, 7) is 1.89. The zero-order valence-electron chi connectivity index (χ0n) is 15.8. The van der Waals surface area contributed by atoms with Crippen molar-refractivity contribution in [2.45, 2.75) is 12.3 Å². The van der Waals surface area contributed by atoms with E-state index in [-0.39, 0.29) is 23.0 Å². The Hall–Kier alpha value is -3.12. The maximum absolute atomic E-state index is 13.7. The minimum Gasteiger partial charge on any atom is -0.322 e. The van der Waals surface area contributed by atoms with Gasteiger partial charge in [0.1, 0.15) is 11.2 Å². The molecule has 0 spiro atoms. The van der Waals surface area contributed by atoms with E-state index in [2.05, 4.69) is 5.32 Å². The van der Waals surface area contributed by atoms with Crippen LogP contribution < -0.4 is 10.2 Å². The lowest BCUT2D eigenvalue weighted by Crippen LogP contribution is -2.27. The molecule has 0 aliphatic carbocycles. The fraction of sp³-hybridized carbons (Fsp3) is 0.130. The summed E-state index contributed by atoms with van der Waals surface area (Å²) in [6, 6.07) is 20.9. The monoisotopic (exact) mass is 406 g/mol. The fourth-order valence-electron chi connectivity index (χ4n) is 3.37. The fourth-order valence-corrected chi connectivity index (χ4v) is 4.54. The molecule has 1 fully saturated rings. The Bertz CT molecular complexity index is 1090. The Labute approximate surface area is 172 Å². The molecular weight excluding hydrogens is 387 g/mol. The molecule has 4 rings (SSSR count). The van der Waals surface area contributed by atoms with Crippen molar-refractivity contribution in [3.8, 4) is 0 Å². The summed E-state index contributed by atoms with van der Waals surface area (Å²) >= 11 is 1.48. The Morgan fingerprint density at radius 1 is 1.07 bits per heavy atom. The van der Waals surface area contributed by atoms with Gasteiger partial charge in [0.2, 0.25) is 5.91 Å². The van der Waals surface area contributed by atoms with Gasteiger partial charge >= 0.3 is 0 Å². The van der Waals surface area contributed by atoms with Crippen molar-refractivity contribution < 1.29 is 14.0 Å². The average molecular weight is 406 g/mol. The molecule has 2 amide bonds. The SMILES string of the molecule is Cc1ccccc1C(=O)Nc1cccc([C@@H]2SCC(=O)N2c2cccc(F)c2)c1. The van der Waals surface area contributed by atoms with Gasteiger partial charge < -0.3 is 5.32 Å². The maximum atomic E-state index is 13.7. The first-order chi connectivity index (χ1) is 14.0. The van der Waals surface area contributed by atoms with Gasteiger partial charge in [0.25, 0.3) is 5.91 Å². The lowest BCUT2D eigenvalue weighted by Gasteiger charge is -2.24. The van der Waals surface area contributed by atoms with Crippen molar-refractivity contribution >= 4 is 35.0 Å². The highest BCUT2D eigenvalue weighted by Crippen LogP contribution is 2.42. The highest BCUT2D eigenvalue weighted by molar-refractivity contribution is 8.00. The largest absolute Gasteiger partial charge is 0.322 e. The zero-order chi connectivity index (χ0) is 20.4. The number of halogens is 1. The minimum absolute atomic E-state index is 0.0695. The van der Waals surface area contributed by atoms with Gasteiger partial charge in [-0.2, -0.15) is 0 Å². The molecule has 1 aliphatic heterocycles. The van der Waals surface area contributed by atoms with Gasteiger partial charge in [0.15, 0.2) is 0 Å². The molecule has 1 N–H and O–H groups in total. The predicted octanol–water partition coefficient (Wildman–Crippen LogP) is 5.17. The number of rotatable bonds is 4. The summed E-state index contributed by atoms with van der Waals surface area (Å²) in [5.41, 5.74) is 3.56. The van der Waals surface area contributed by atoms with E-state index in [0.29, 0.717) is 22.7 Å². The Morgan fingerprint density at radius 3 is 2.66 bits per heavy atom. The lowest BCUT2D eigenvalue weighted by atomic mass is 10.1. The third kappa shape index (κ3) is 4.03. The second-order valence-electron chi connectivity index (χ2n) is 6.80. The Balaban J connectivity index is 1.60. The molecule has 1 atom stereocenters. The van der Waals surface area contributed by atoms with E-state index in [1.807, 2.05) is 49.4 Å². The number of nitrogens with zero attached hydrogens (tertiary/aromatic N) is 1. The number of thioether (sulfide) groups is 1. The van der Waals surface area contributed by atoms with Crippen LogP contribution >= 0.6 is 11.8 Å². The number of benzene rings is 3. The molecule has 0 aromatic heterocycles. The van der Waals surface area contributed by atoms with Crippen molar-refractivity contribution in [3.05, 3.63) is 95.3 Å². The topological polar surface area (TPSA) is 49.4 Å². The summed E-state index contributed by atoms with van der Waals surface area (Å²) in [4.78, 5) is 26.7. The van der Waals surface area contributed by atoms with E-state index >= 15 is 0 Å². The summed E-state index contributed by atoms with van der Waals surface area (Å²) in [5, 5.41) is 2.65. The molecule has 1 saturated heterocycles. The number of hydrogen-bond donors (Lipinski definition) is 1. The Kier molecular flexibility index (Phi) is 5.36. The summed E-state index contributed by atoms with van der Waals surface area (Å²) in [7, 11) is 0. The van der Waals surface area contributed by atoms with Crippen LogP contribution in [0.3, 0.4) is 0 Å². The first-order valence-corrected chi connectivity index (χ1v) is 10.2. The van der Waals surface area contributed by atoms with Gasteiger partial charge in [0.05, 0.1) is 5.75 Å². The lowest BCUT2D eigenvalue weighted by molar-refractivity contribution is -0.115. The van der Waals surface area contributed by atoms with Crippen LogP contribution in [0.4, 0.5) is 15.8 Å². The molecule has 1 heterocycles. The number of carbonyl (C=O) groups is 2. The van der Waals surface area contributed by atoms with E-state index in [1.54, 1.807) is 23.1 Å². The van der Waals surface area contributed by atoms with E-state index < -0.39 is 0 Å². The van der Waals surface area contributed by atoms with Gasteiger partial charge in [-0.15, -0.1) is 11.8 Å². The number of hydrogen-bond acceptors (Lipinski definition) is 3. The minimum atomic E-state index is -0.384. The quantitative estimate of drug-likeness (QED) is 0.651. The third-order valence-electron chi connectivity index (χ3n) is 4.77. The molecule has 0 radical (unpaired) electrons. The number of carbonyl (C=O) groups excluding carboxylic acids is 2. The van der Waals surface area contributed by atoms with Crippen LogP contribution in [-0.2, 0) is 4.79 Å². The molecule has 0 bridgehead atoms. The van der Waals surface area contributed by atoms with Gasteiger partial charge in [0, 0.05) is 16.9 Å². The number of amides is 2. The van der Waals surface area contributed by atoms with E-state index in [4.69, 9.17) is 0 Å². The summed E-state index contributed by atoms with van der Waals surface area (Å²) < 4.78 is 13.7. The van der Waals surface area contributed by atoms with Gasteiger partial charge in [-0.3, -0.25) is 14.5 Å². The van der Waals surface area contributed by atoms with Crippen molar-refractivity contribution in [2.24, 2.45) is 0 Å². The zero-order valence-corrected chi connectivity index (χ0v) is 16.6.